The third-order valence-electron chi connectivity index (χ3n) is 3.89. The van der Waals surface area contributed by atoms with Gasteiger partial charge in [0.1, 0.15) is 6.10 Å². The zero-order valence-electron chi connectivity index (χ0n) is 13.9. The van der Waals surface area contributed by atoms with Gasteiger partial charge in [-0.3, -0.25) is 10.1 Å². The average molecular weight is 347 g/mol. The number of thioether (sulfide) groups is 1. The third-order valence-corrected chi connectivity index (χ3v) is 4.87. The standard InChI is InChI=1S/C17H21N3O3S/c1-11-5-6-12(2)13(8-11)9-24-10-15(21)18-17-20-19-16(23-17)14-4-3-7-22-14/h5-6,8,14H,3-4,7,9-10H2,1-2H3,(H,18,20,21)/t14-/m0/s1. The molecule has 0 aliphatic carbocycles. The molecule has 7 heteroatoms. The molecule has 2 aromatic rings. The lowest BCUT2D eigenvalue weighted by molar-refractivity contribution is -0.113. The van der Waals surface area contributed by atoms with Crippen LogP contribution in [0.4, 0.5) is 6.01 Å². The molecule has 1 aromatic heterocycles. The Kier molecular flexibility index (Phi) is 5.52. The molecule has 1 aromatic carbocycles. The molecule has 0 bridgehead atoms. The van der Waals surface area contributed by atoms with Gasteiger partial charge in [-0.25, -0.2) is 0 Å². The smallest absolute Gasteiger partial charge is 0.322 e. The number of hydrogen-bond acceptors (Lipinski definition) is 6. The van der Waals surface area contributed by atoms with Crippen LogP contribution in [0.5, 0.6) is 0 Å². The van der Waals surface area contributed by atoms with Crippen molar-refractivity contribution in [1.82, 2.24) is 10.2 Å². The molecule has 2 heterocycles. The molecule has 1 N–H and O–H groups in total. The number of anilines is 1. The Morgan fingerprint density at radius 3 is 3.04 bits per heavy atom. The van der Waals surface area contributed by atoms with E-state index >= 15 is 0 Å². The van der Waals surface area contributed by atoms with Crippen LogP contribution >= 0.6 is 11.8 Å². The van der Waals surface area contributed by atoms with Crippen molar-refractivity contribution in [3.05, 3.63) is 40.8 Å². The Bertz CT molecular complexity index is 711. The van der Waals surface area contributed by atoms with Crippen LogP contribution in [0.1, 0.15) is 41.5 Å². The molecule has 0 spiro atoms. The number of aromatic nitrogens is 2. The molecule has 1 fully saturated rings. The topological polar surface area (TPSA) is 77.2 Å². The van der Waals surface area contributed by atoms with Crippen LogP contribution in [0.25, 0.3) is 0 Å². The fraction of sp³-hybridized carbons (Fsp3) is 0.471. The molecule has 1 aliphatic heterocycles. The number of carbonyl (C=O) groups excluding carboxylic acids is 1. The highest BCUT2D eigenvalue weighted by atomic mass is 32.2. The molecular formula is C17H21N3O3S. The highest BCUT2D eigenvalue weighted by molar-refractivity contribution is 7.99. The van der Waals surface area contributed by atoms with Gasteiger partial charge >= 0.3 is 6.01 Å². The second kappa shape index (κ2) is 7.81. The van der Waals surface area contributed by atoms with Crippen LogP contribution < -0.4 is 5.32 Å². The van der Waals surface area contributed by atoms with Crippen molar-refractivity contribution in [3.8, 4) is 0 Å². The van der Waals surface area contributed by atoms with Crippen molar-refractivity contribution in [1.29, 1.82) is 0 Å². The molecule has 1 aliphatic rings. The minimum absolute atomic E-state index is 0.137. The average Bonchev–Trinajstić information content (AvgIpc) is 3.21. The van der Waals surface area contributed by atoms with Crippen molar-refractivity contribution in [2.24, 2.45) is 0 Å². The van der Waals surface area contributed by atoms with E-state index < -0.39 is 0 Å². The van der Waals surface area contributed by atoms with Gasteiger partial charge in [0.05, 0.1) is 5.75 Å². The maximum atomic E-state index is 12.0. The van der Waals surface area contributed by atoms with E-state index in [-0.39, 0.29) is 18.0 Å². The lowest BCUT2D eigenvalue weighted by atomic mass is 10.1. The van der Waals surface area contributed by atoms with Crippen molar-refractivity contribution >= 4 is 23.7 Å². The Balaban J connectivity index is 1.46. The SMILES string of the molecule is Cc1ccc(C)c(CSCC(=O)Nc2nnc([C@@H]3CCCO3)o2)c1. The number of carbonyl (C=O) groups is 1. The van der Waals surface area contributed by atoms with E-state index in [1.54, 1.807) is 11.8 Å². The summed E-state index contributed by atoms with van der Waals surface area (Å²) in [5.74, 6) is 1.43. The predicted molar refractivity (Wildman–Crippen MR) is 92.9 cm³/mol. The van der Waals surface area contributed by atoms with Crippen LogP contribution in [0.15, 0.2) is 22.6 Å². The maximum Gasteiger partial charge on any atom is 0.322 e. The van der Waals surface area contributed by atoms with Crippen molar-refractivity contribution < 1.29 is 13.9 Å². The molecule has 24 heavy (non-hydrogen) atoms. The number of hydrogen-bond donors (Lipinski definition) is 1. The maximum absolute atomic E-state index is 12.0. The summed E-state index contributed by atoms with van der Waals surface area (Å²) in [5.41, 5.74) is 3.73. The van der Waals surface area contributed by atoms with Crippen molar-refractivity contribution in [3.63, 3.8) is 0 Å². The first-order chi connectivity index (χ1) is 11.6. The summed E-state index contributed by atoms with van der Waals surface area (Å²) in [6.07, 6.45) is 1.73. The van der Waals surface area contributed by atoms with E-state index in [1.165, 1.54) is 16.7 Å². The summed E-state index contributed by atoms with van der Waals surface area (Å²) in [6.45, 7) is 4.87. The quantitative estimate of drug-likeness (QED) is 0.863. The minimum Gasteiger partial charge on any atom is -0.405 e. The lowest BCUT2D eigenvalue weighted by Crippen LogP contribution is -2.14. The van der Waals surface area contributed by atoms with Gasteiger partial charge < -0.3 is 9.15 Å². The number of aryl methyl sites for hydroxylation is 2. The number of amides is 1. The molecule has 1 amide bonds. The second-order valence-electron chi connectivity index (χ2n) is 5.92. The Labute approximate surface area is 145 Å². The molecule has 1 atom stereocenters. The lowest BCUT2D eigenvalue weighted by Gasteiger charge is -2.06. The zero-order valence-corrected chi connectivity index (χ0v) is 14.7. The number of rotatable bonds is 6. The highest BCUT2D eigenvalue weighted by Crippen LogP contribution is 2.28. The second-order valence-corrected chi connectivity index (χ2v) is 6.90. The first-order valence-electron chi connectivity index (χ1n) is 8.00. The number of nitrogens with one attached hydrogen (secondary N) is 1. The van der Waals surface area contributed by atoms with Crippen LogP contribution in [-0.2, 0) is 15.3 Å². The number of nitrogens with zero attached hydrogens (tertiary/aromatic N) is 2. The Hall–Kier alpha value is -1.86. The van der Waals surface area contributed by atoms with Gasteiger partial charge in [-0.1, -0.05) is 28.9 Å². The first-order valence-corrected chi connectivity index (χ1v) is 9.16. The molecule has 0 radical (unpaired) electrons. The van der Waals surface area contributed by atoms with Gasteiger partial charge in [0, 0.05) is 12.4 Å². The summed E-state index contributed by atoms with van der Waals surface area (Å²) >= 11 is 1.56. The van der Waals surface area contributed by atoms with Crippen LogP contribution in [-0.4, -0.2) is 28.5 Å². The van der Waals surface area contributed by atoms with E-state index in [0.717, 1.165) is 18.6 Å². The molecule has 128 valence electrons. The van der Waals surface area contributed by atoms with E-state index in [2.05, 4.69) is 47.6 Å². The summed E-state index contributed by atoms with van der Waals surface area (Å²) in [6, 6.07) is 6.50. The Morgan fingerprint density at radius 2 is 2.25 bits per heavy atom. The van der Waals surface area contributed by atoms with E-state index in [0.29, 0.717) is 18.3 Å². The largest absolute Gasteiger partial charge is 0.405 e. The van der Waals surface area contributed by atoms with Crippen LogP contribution in [0.3, 0.4) is 0 Å². The fourth-order valence-electron chi connectivity index (χ4n) is 2.55. The van der Waals surface area contributed by atoms with Gasteiger partial charge in [0.15, 0.2) is 0 Å². The summed E-state index contributed by atoms with van der Waals surface area (Å²) < 4.78 is 10.9. The van der Waals surface area contributed by atoms with Gasteiger partial charge in [0.2, 0.25) is 11.8 Å². The van der Waals surface area contributed by atoms with Crippen LogP contribution in [0, 0.1) is 13.8 Å². The van der Waals surface area contributed by atoms with E-state index in [1.807, 2.05) is 0 Å². The molecule has 0 unspecified atom stereocenters. The monoisotopic (exact) mass is 347 g/mol. The minimum atomic E-state index is -0.146. The summed E-state index contributed by atoms with van der Waals surface area (Å²) in [5, 5.41) is 10.4. The van der Waals surface area contributed by atoms with E-state index in [4.69, 9.17) is 9.15 Å². The van der Waals surface area contributed by atoms with E-state index in [9.17, 15) is 4.79 Å². The molecule has 0 saturated carbocycles. The Morgan fingerprint density at radius 1 is 1.38 bits per heavy atom. The summed E-state index contributed by atoms with van der Waals surface area (Å²) in [7, 11) is 0. The van der Waals surface area contributed by atoms with Gasteiger partial charge in [-0.2, -0.15) is 0 Å². The van der Waals surface area contributed by atoms with Crippen molar-refractivity contribution in [2.45, 2.75) is 38.5 Å². The van der Waals surface area contributed by atoms with Crippen LogP contribution in [0.2, 0.25) is 0 Å². The zero-order chi connectivity index (χ0) is 16.9. The van der Waals surface area contributed by atoms with Gasteiger partial charge in [-0.05, 0) is 37.8 Å². The number of benzene rings is 1. The highest BCUT2D eigenvalue weighted by Gasteiger charge is 2.24. The fourth-order valence-corrected chi connectivity index (χ4v) is 3.44. The molecular weight excluding hydrogens is 326 g/mol. The molecule has 1 saturated heterocycles. The third kappa shape index (κ3) is 4.36. The first kappa shape index (κ1) is 17.0. The molecule has 6 nitrogen and oxygen atoms in total. The normalized spacial score (nSPS) is 17.2. The van der Waals surface area contributed by atoms with Gasteiger partial charge in [0.25, 0.3) is 0 Å². The van der Waals surface area contributed by atoms with Crippen molar-refractivity contribution in [2.75, 3.05) is 17.7 Å². The molecule has 3 rings (SSSR count). The van der Waals surface area contributed by atoms with Gasteiger partial charge in [-0.15, -0.1) is 16.9 Å². The number of ether oxygens (including phenoxy) is 1. The summed E-state index contributed by atoms with van der Waals surface area (Å²) in [4.78, 5) is 12.0. The predicted octanol–water partition coefficient (Wildman–Crippen LogP) is 3.41.